The van der Waals surface area contributed by atoms with E-state index < -0.39 is 5.83 Å². The summed E-state index contributed by atoms with van der Waals surface area (Å²) in [5.41, 5.74) is 6.65. The molecule has 140 valence electrons. The molecule has 0 aliphatic carbocycles. The third kappa shape index (κ3) is 5.69. The lowest BCUT2D eigenvalue weighted by Gasteiger charge is -2.24. The molecule has 0 heterocycles. The van der Waals surface area contributed by atoms with Crippen LogP contribution in [0, 0.1) is 0 Å². The van der Waals surface area contributed by atoms with E-state index in [-0.39, 0.29) is 5.92 Å². The van der Waals surface area contributed by atoms with Crippen LogP contribution < -0.4 is 0 Å². The Bertz CT molecular complexity index is 737. The lowest BCUT2D eigenvalue weighted by molar-refractivity contribution is 0.676. The van der Waals surface area contributed by atoms with Gasteiger partial charge in [0.25, 0.3) is 0 Å². The fraction of sp³-hybridized carbons (Fsp3) is 0.360. The maximum absolute atomic E-state index is 14.2. The molecule has 0 N–H and O–H groups in total. The summed E-state index contributed by atoms with van der Waals surface area (Å²) in [7, 11) is 0. The van der Waals surface area contributed by atoms with Crippen LogP contribution >= 0.6 is 0 Å². The van der Waals surface area contributed by atoms with Gasteiger partial charge in [-0.2, -0.15) is 0 Å². The van der Waals surface area contributed by atoms with Gasteiger partial charge in [0.2, 0.25) is 0 Å². The summed E-state index contributed by atoms with van der Waals surface area (Å²) >= 11 is 0. The molecule has 0 spiro atoms. The van der Waals surface area contributed by atoms with Gasteiger partial charge in [0.05, 0.1) is 0 Å². The van der Waals surface area contributed by atoms with Crippen LogP contribution in [-0.2, 0) is 0 Å². The normalized spacial score (nSPS) is 14.2. The van der Waals surface area contributed by atoms with Crippen LogP contribution in [0.25, 0.3) is 5.57 Å². The van der Waals surface area contributed by atoms with Crippen molar-refractivity contribution in [3.05, 3.63) is 88.8 Å². The van der Waals surface area contributed by atoms with Crippen molar-refractivity contribution in [1.29, 1.82) is 0 Å². The molecule has 1 heteroatoms. The van der Waals surface area contributed by atoms with E-state index in [2.05, 4.69) is 53.3 Å². The summed E-state index contributed by atoms with van der Waals surface area (Å²) < 4.78 is 14.2. The van der Waals surface area contributed by atoms with Crippen molar-refractivity contribution in [1.82, 2.24) is 0 Å². The van der Waals surface area contributed by atoms with E-state index in [1.165, 1.54) is 16.7 Å². The SMILES string of the molecule is C=C(F)/C(=C\C=C/C)c1ccccc1C(CC)/C(C=C(C)C)=C(/C)CC. The zero-order chi connectivity index (χ0) is 19.7. The van der Waals surface area contributed by atoms with Gasteiger partial charge in [0.15, 0.2) is 0 Å². The quantitative estimate of drug-likeness (QED) is 0.413. The molecular weight excluding hydrogens is 319 g/mol. The Morgan fingerprint density at radius 2 is 1.81 bits per heavy atom. The van der Waals surface area contributed by atoms with Gasteiger partial charge in [-0.25, -0.2) is 4.39 Å². The summed E-state index contributed by atoms with van der Waals surface area (Å²) in [6, 6.07) is 8.13. The second-order valence-electron chi connectivity index (χ2n) is 6.87. The van der Waals surface area contributed by atoms with Gasteiger partial charge in [-0.15, -0.1) is 0 Å². The highest BCUT2D eigenvalue weighted by atomic mass is 19.1. The number of rotatable bonds is 8. The van der Waals surface area contributed by atoms with E-state index in [1.54, 1.807) is 0 Å². The number of benzene rings is 1. The molecule has 26 heavy (non-hydrogen) atoms. The lowest BCUT2D eigenvalue weighted by Crippen LogP contribution is -2.06. The largest absolute Gasteiger partial charge is 0.207 e. The van der Waals surface area contributed by atoms with E-state index in [1.807, 2.05) is 43.4 Å². The van der Waals surface area contributed by atoms with Gasteiger partial charge >= 0.3 is 0 Å². The summed E-state index contributed by atoms with van der Waals surface area (Å²) in [4.78, 5) is 0. The van der Waals surface area contributed by atoms with Crippen molar-refractivity contribution in [3.63, 3.8) is 0 Å². The predicted molar refractivity (Wildman–Crippen MR) is 115 cm³/mol. The van der Waals surface area contributed by atoms with Crippen LogP contribution in [0.3, 0.4) is 0 Å². The molecule has 1 aromatic carbocycles. The molecule has 1 rings (SSSR count). The van der Waals surface area contributed by atoms with E-state index in [4.69, 9.17) is 0 Å². The Kier molecular flexibility index (Phi) is 9.05. The van der Waals surface area contributed by atoms with Crippen molar-refractivity contribution in [3.8, 4) is 0 Å². The van der Waals surface area contributed by atoms with Gasteiger partial charge < -0.3 is 0 Å². The zero-order valence-corrected chi connectivity index (χ0v) is 17.2. The Morgan fingerprint density at radius 1 is 1.15 bits per heavy atom. The Labute approximate surface area is 159 Å². The third-order valence-electron chi connectivity index (χ3n) is 4.62. The Hall–Kier alpha value is -2.15. The second kappa shape index (κ2) is 10.8. The monoisotopic (exact) mass is 352 g/mol. The lowest BCUT2D eigenvalue weighted by atomic mass is 9.81. The molecule has 1 unspecified atom stereocenters. The highest BCUT2D eigenvalue weighted by Crippen LogP contribution is 2.38. The zero-order valence-electron chi connectivity index (χ0n) is 17.2. The predicted octanol–water partition coefficient (Wildman–Crippen LogP) is 8.32. The number of allylic oxidation sites excluding steroid dienone is 9. The molecule has 1 aromatic rings. The highest BCUT2D eigenvalue weighted by Gasteiger charge is 2.20. The summed E-state index contributed by atoms with van der Waals surface area (Å²) in [5.74, 6) is -0.167. The molecule has 0 fully saturated rings. The third-order valence-corrected chi connectivity index (χ3v) is 4.62. The van der Waals surface area contributed by atoms with Gasteiger partial charge in [0.1, 0.15) is 5.83 Å². The first-order chi connectivity index (χ1) is 12.4. The molecule has 0 bridgehead atoms. The minimum Gasteiger partial charge on any atom is -0.207 e. The van der Waals surface area contributed by atoms with Crippen molar-refractivity contribution >= 4 is 5.57 Å². The minimum atomic E-state index is -0.398. The van der Waals surface area contributed by atoms with Gasteiger partial charge in [-0.1, -0.05) is 80.1 Å². The van der Waals surface area contributed by atoms with Crippen LogP contribution in [0.15, 0.2) is 77.7 Å². The number of hydrogen-bond donors (Lipinski definition) is 0. The van der Waals surface area contributed by atoms with Gasteiger partial charge in [0, 0.05) is 11.5 Å². The molecule has 1 atom stereocenters. The molecule has 0 aliphatic rings. The van der Waals surface area contributed by atoms with E-state index >= 15 is 0 Å². The first-order valence-electron chi connectivity index (χ1n) is 9.48. The highest BCUT2D eigenvalue weighted by molar-refractivity contribution is 5.80. The van der Waals surface area contributed by atoms with Crippen LogP contribution in [-0.4, -0.2) is 0 Å². The van der Waals surface area contributed by atoms with Crippen LogP contribution in [0.2, 0.25) is 0 Å². The van der Waals surface area contributed by atoms with Gasteiger partial charge in [-0.05, 0) is 57.2 Å². The molecule has 0 aliphatic heterocycles. The fourth-order valence-corrected chi connectivity index (χ4v) is 3.21. The van der Waals surface area contributed by atoms with Crippen LogP contribution in [0.5, 0.6) is 0 Å². The summed E-state index contributed by atoms with van der Waals surface area (Å²) in [6.07, 6.45) is 9.83. The van der Waals surface area contributed by atoms with Crippen molar-refractivity contribution in [2.24, 2.45) is 0 Å². The van der Waals surface area contributed by atoms with Crippen molar-refractivity contribution < 1.29 is 4.39 Å². The van der Waals surface area contributed by atoms with E-state index in [0.717, 1.165) is 24.0 Å². The smallest absolute Gasteiger partial charge is 0.123 e. The van der Waals surface area contributed by atoms with Crippen molar-refractivity contribution in [2.75, 3.05) is 0 Å². The molecule has 0 aromatic heterocycles. The standard InChI is InChI=1S/C25H33F/c1-8-11-14-22(20(7)26)24-16-13-12-15-23(24)21(10-3)25(17-18(4)5)19(6)9-2/h8,11-17,21H,7,9-10H2,1-6H3/b11-8-,22-14+,25-19-. The maximum Gasteiger partial charge on any atom is 0.123 e. The van der Waals surface area contributed by atoms with E-state index in [0.29, 0.717) is 5.57 Å². The summed E-state index contributed by atoms with van der Waals surface area (Å²) in [6.45, 7) is 16.3. The molecule has 0 amide bonds. The molecule has 0 radical (unpaired) electrons. The molecule has 0 saturated heterocycles. The number of halogens is 1. The average molecular weight is 353 g/mol. The summed E-state index contributed by atoms with van der Waals surface area (Å²) in [5, 5.41) is 0. The second-order valence-corrected chi connectivity index (χ2v) is 6.87. The maximum atomic E-state index is 14.2. The minimum absolute atomic E-state index is 0.231. The van der Waals surface area contributed by atoms with Crippen LogP contribution in [0.4, 0.5) is 4.39 Å². The van der Waals surface area contributed by atoms with Gasteiger partial charge in [-0.3, -0.25) is 0 Å². The Balaban J connectivity index is 3.68. The molecular formula is C25H33F. The number of hydrogen-bond acceptors (Lipinski definition) is 0. The van der Waals surface area contributed by atoms with Crippen LogP contribution in [0.1, 0.15) is 71.4 Å². The van der Waals surface area contributed by atoms with Crippen molar-refractivity contribution in [2.45, 2.75) is 60.3 Å². The Morgan fingerprint density at radius 3 is 2.31 bits per heavy atom. The van der Waals surface area contributed by atoms with E-state index in [9.17, 15) is 4.39 Å². The molecule has 0 nitrogen and oxygen atoms in total. The average Bonchev–Trinajstić information content (AvgIpc) is 2.61. The fourth-order valence-electron chi connectivity index (χ4n) is 3.21. The first-order valence-corrected chi connectivity index (χ1v) is 9.48. The topological polar surface area (TPSA) is 0 Å². The first kappa shape index (κ1) is 21.9. The molecule has 0 saturated carbocycles.